The summed E-state index contributed by atoms with van der Waals surface area (Å²) >= 11 is 0. The third-order valence-corrected chi connectivity index (χ3v) is 3.86. The Morgan fingerprint density at radius 2 is 1.89 bits per heavy atom. The van der Waals surface area contributed by atoms with Gasteiger partial charge in [-0.3, -0.25) is 14.6 Å². The molecule has 140 valence electrons. The first-order valence-corrected chi connectivity index (χ1v) is 8.52. The number of rotatable bonds is 8. The van der Waals surface area contributed by atoms with Gasteiger partial charge in [-0.25, -0.2) is 4.98 Å². The Labute approximate surface area is 158 Å². The molecule has 0 unspecified atom stereocenters. The number of Topliss-reactive ketones (excluding diaryl/α,β-unsaturated/α-hetero) is 1. The first-order valence-electron chi connectivity index (χ1n) is 8.52. The Balaban J connectivity index is 1.96. The Bertz CT molecular complexity index is 872. The van der Waals surface area contributed by atoms with E-state index in [0.29, 0.717) is 24.3 Å². The fraction of sp³-hybridized carbons (Fsp3) is 0.350. The van der Waals surface area contributed by atoms with Crippen molar-refractivity contribution in [2.24, 2.45) is 0 Å². The fourth-order valence-corrected chi connectivity index (χ4v) is 2.40. The number of nitrogens with one attached hydrogen (secondary N) is 1. The molecule has 0 fully saturated rings. The molecule has 7 heteroatoms. The van der Waals surface area contributed by atoms with Gasteiger partial charge in [-0.05, 0) is 49.6 Å². The third kappa shape index (κ3) is 6.19. The van der Waals surface area contributed by atoms with Gasteiger partial charge in [0.05, 0.1) is 13.2 Å². The zero-order chi connectivity index (χ0) is 19.9. The molecule has 0 aliphatic carbocycles. The predicted molar refractivity (Wildman–Crippen MR) is 99.2 cm³/mol. The SMILES string of the molecule is COc1cc(CCC(=O)Cc2ccnc(C(=O)NC(C)(C)C#N)c2)ccn1. The molecule has 2 aromatic heterocycles. The zero-order valence-corrected chi connectivity index (χ0v) is 15.7. The number of carbonyl (C=O) groups excluding carboxylic acids is 2. The normalized spacial score (nSPS) is 10.7. The van der Waals surface area contributed by atoms with Crippen LogP contribution in [0, 0.1) is 11.3 Å². The number of ketones is 1. The van der Waals surface area contributed by atoms with Crippen molar-refractivity contribution in [1.82, 2.24) is 15.3 Å². The average Bonchev–Trinajstić information content (AvgIpc) is 2.66. The van der Waals surface area contributed by atoms with Gasteiger partial charge < -0.3 is 10.1 Å². The molecule has 27 heavy (non-hydrogen) atoms. The molecule has 0 atom stereocenters. The van der Waals surface area contributed by atoms with Crippen LogP contribution in [0.1, 0.15) is 41.9 Å². The van der Waals surface area contributed by atoms with Gasteiger partial charge in [-0.2, -0.15) is 5.26 Å². The number of aryl methyl sites for hydroxylation is 1. The number of nitriles is 1. The summed E-state index contributed by atoms with van der Waals surface area (Å²) in [6.45, 7) is 3.21. The number of aromatic nitrogens is 2. The van der Waals surface area contributed by atoms with Crippen molar-refractivity contribution >= 4 is 11.7 Å². The lowest BCUT2D eigenvalue weighted by atomic mass is 10.0. The molecule has 1 amide bonds. The maximum Gasteiger partial charge on any atom is 0.271 e. The van der Waals surface area contributed by atoms with E-state index in [2.05, 4.69) is 15.3 Å². The number of pyridine rings is 2. The molecule has 0 saturated carbocycles. The number of methoxy groups -OCH3 is 1. The topological polar surface area (TPSA) is 105 Å². The van der Waals surface area contributed by atoms with Crippen LogP contribution >= 0.6 is 0 Å². The van der Waals surface area contributed by atoms with Crippen LogP contribution in [0.2, 0.25) is 0 Å². The van der Waals surface area contributed by atoms with E-state index in [4.69, 9.17) is 10.00 Å². The molecule has 0 aliphatic heterocycles. The minimum absolute atomic E-state index is 0.0562. The van der Waals surface area contributed by atoms with Gasteiger partial charge in [0.2, 0.25) is 5.88 Å². The Hall–Kier alpha value is -3.27. The van der Waals surface area contributed by atoms with Crippen LogP contribution in [0.4, 0.5) is 0 Å². The quantitative estimate of drug-likeness (QED) is 0.768. The predicted octanol–water partition coefficient (Wildman–Crippen LogP) is 2.26. The van der Waals surface area contributed by atoms with Crippen molar-refractivity contribution in [2.75, 3.05) is 7.11 Å². The van der Waals surface area contributed by atoms with Gasteiger partial charge >= 0.3 is 0 Å². The van der Waals surface area contributed by atoms with Crippen molar-refractivity contribution in [3.05, 3.63) is 53.5 Å². The first-order chi connectivity index (χ1) is 12.8. The van der Waals surface area contributed by atoms with E-state index in [1.165, 1.54) is 6.20 Å². The summed E-state index contributed by atoms with van der Waals surface area (Å²) in [6.07, 6.45) is 4.32. The molecular formula is C20H22N4O3. The molecule has 0 radical (unpaired) electrons. The molecule has 0 aromatic carbocycles. The lowest BCUT2D eigenvalue weighted by molar-refractivity contribution is -0.118. The van der Waals surface area contributed by atoms with Crippen molar-refractivity contribution in [1.29, 1.82) is 5.26 Å². The molecule has 0 aliphatic rings. The maximum absolute atomic E-state index is 12.3. The minimum atomic E-state index is -0.990. The third-order valence-electron chi connectivity index (χ3n) is 3.86. The lowest BCUT2D eigenvalue weighted by Crippen LogP contribution is -2.42. The van der Waals surface area contributed by atoms with E-state index in [0.717, 1.165) is 5.56 Å². The Morgan fingerprint density at radius 3 is 2.59 bits per heavy atom. The highest BCUT2D eigenvalue weighted by Gasteiger charge is 2.21. The van der Waals surface area contributed by atoms with E-state index in [1.807, 2.05) is 12.1 Å². The number of nitrogens with zero attached hydrogens (tertiary/aromatic N) is 3. The van der Waals surface area contributed by atoms with Crippen LogP contribution in [-0.2, 0) is 17.6 Å². The van der Waals surface area contributed by atoms with Crippen molar-refractivity contribution in [3.63, 3.8) is 0 Å². The summed E-state index contributed by atoms with van der Waals surface area (Å²) in [6, 6.07) is 8.94. The van der Waals surface area contributed by atoms with E-state index >= 15 is 0 Å². The monoisotopic (exact) mass is 366 g/mol. The van der Waals surface area contributed by atoms with Crippen LogP contribution in [0.5, 0.6) is 5.88 Å². The van der Waals surface area contributed by atoms with Crippen molar-refractivity contribution in [2.45, 2.75) is 38.6 Å². The van der Waals surface area contributed by atoms with E-state index in [9.17, 15) is 9.59 Å². The molecule has 0 spiro atoms. The van der Waals surface area contributed by atoms with Gasteiger partial charge in [0.15, 0.2) is 0 Å². The molecular weight excluding hydrogens is 344 g/mol. The maximum atomic E-state index is 12.3. The lowest BCUT2D eigenvalue weighted by Gasteiger charge is -2.17. The van der Waals surface area contributed by atoms with Crippen LogP contribution in [0.3, 0.4) is 0 Å². The van der Waals surface area contributed by atoms with Gasteiger partial charge in [-0.15, -0.1) is 0 Å². The standard InChI is InChI=1S/C20H22N4O3/c1-20(2,13-21)24-19(26)17-11-15(7-8-22-17)10-16(25)5-4-14-6-9-23-18(12-14)27-3/h6-9,11-12H,4-5,10H2,1-3H3,(H,24,26). The summed E-state index contributed by atoms with van der Waals surface area (Å²) in [7, 11) is 1.55. The molecule has 2 heterocycles. The van der Waals surface area contributed by atoms with Crippen LogP contribution < -0.4 is 10.1 Å². The Kier molecular flexibility index (Phi) is 6.61. The number of hydrogen-bond acceptors (Lipinski definition) is 6. The number of amides is 1. The minimum Gasteiger partial charge on any atom is -0.481 e. The average molecular weight is 366 g/mol. The largest absolute Gasteiger partial charge is 0.481 e. The molecule has 1 N–H and O–H groups in total. The summed E-state index contributed by atoms with van der Waals surface area (Å²) in [5.41, 5.74) is 0.879. The number of hydrogen-bond donors (Lipinski definition) is 1. The summed E-state index contributed by atoms with van der Waals surface area (Å²) in [4.78, 5) is 32.5. The fourth-order valence-electron chi connectivity index (χ4n) is 2.40. The highest BCUT2D eigenvalue weighted by Crippen LogP contribution is 2.12. The van der Waals surface area contributed by atoms with Crippen molar-refractivity contribution in [3.8, 4) is 11.9 Å². The second kappa shape index (κ2) is 8.90. The van der Waals surface area contributed by atoms with E-state index < -0.39 is 11.4 Å². The molecule has 0 bridgehead atoms. The molecule has 0 saturated heterocycles. The Morgan fingerprint density at radius 1 is 1.19 bits per heavy atom. The summed E-state index contributed by atoms with van der Waals surface area (Å²) in [5.74, 6) is 0.130. The first kappa shape index (κ1) is 20.0. The number of carbonyl (C=O) groups is 2. The van der Waals surface area contributed by atoms with Gasteiger partial charge in [0.25, 0.3) is 5.91 Å². The summed E-state index contributed by atoms with van der Waals surface area (Å²) < 4.78 is 5.07. The van der Waals surface area contributed by atoms with Crippen molar-refractivity contribution < 1.29 is 14.3 Å². The number of ether oxygens (including phenoxy) is 1. The molecule has 2 rings (SSSR count). The molecule has 7 nitrogen and oxygen atoms in total. The van der Waals surface area contributed by atoms with E-state index in [1.54, 1.807) is 45.4 Å². The van der Waals surface area contributed by atoms with Gasteiger partial charge in [0.1, 0.15) is 17.0 Å². The smallest absolute Gasteiger partial charge is 0.271 e. The van der Waals surface area contributed by atoms with Crippen LogP contribution in [0.15, 0.2) is 36.7 Å². The second-order valence-electron chi connectivity index (χ2n) is 6.66. The second-order valence-corrected chi connectivity index (χ2v) is 6.66. The zero-order valence-electron chi connectivity index (χ0n) is 15.7. The van der Waals surface area contributed by atoms with Crippen LogP contribution in [0.25, 0.3) is 0 Å². The van der Waals surface area contributed by atoms with Gasteiger partial charge in [-0.1, -0.05) is 0 Å². The highest BCUT2D eigenvalue weighted by atomic mass is 16.5. The van der Waals surface area contributed by atoms with E-state index in [-0.39, 0.29) is 17.9 Å². The van der Waals surface area contributed by atoms with Gasteiger partial charge in [0, 0.05) is 31.3 Å². The summed E-state index contributed by atoms with van der Waals surface area (Å²) in [5, 5.41) is 11.6. The molecule has 2 aromatic rings. The van der Waals surface area contributed by atoms with Crippen LogP contribution in [-0.4, -0.2) is 34.3 Å². The highest BCUT2D eigenvalue weighted by molar-refractivity contribution is 5.93.